The van der Waals surface area contributed by atoms with Crippen LogP contribution in [0.15, 0.2) is 0 Å². The molecular formula is C8H19N2. The maximum absolute atomic E-state index is 5.35. The van der Waals surface area contributed by atoms with Gasteiger partial charge in [-0.3, -0.25) is 0 Å². The smallest absolute Gasteiger partial charge is 0.00772 e. The normalized spacial score (nSPS) is 10.8. The lowest BCUT2D eigenvalue weighted by Gasteiger charge is -2.08. The molecule has 0 amide bonds. The van der Waals surface area contributed by atoms with Gasteiger partial charge in [-0.25, -0.2) is 0 Å². The lowest BCUT2D eigenvalue weighted by molar-refractivity contribution is 0.508. The molecule has 0 spiro atoms. The highest BCUT2D eigenvalue weighted by Crippen LogP contribution is 2.10. The van der Waals surface area contributed by atoms with Gasteiger partial charge in [0.05, 0.1) is 0 Å². The molecule has 0 aliphatic carbocycles. The van der Waals surface area contributed by atoms with Crippen molar-refractivity contribution in [1.82, 2.24) is 0 Å². The molecule has 0 aromatic heterocycles. The molecule has 0 bridgehead atoms. The summed E-state index contributed by atoms with van der Waals surface area (Å²) in [6.45, 7) is 5.57. The van der Waals surface area contributed by atoms with Gasteiger partial charge in [-0.15, -0.1) is 0 Å². The van der Waals surface area contributed by atoms with Gasteiger partial charge in [0.15, 0.2) is 0 Å². The van der Waals surface area contributed by atoms with Gasteiger partial charge in [0.25, 0.3) is 0 Å². The second kappa shape index (κ2) is 7.03. The van der Waals surface area contributed by atoms with E-state index in [2.05, 4.69) is 6.92 Å². The molecule has 0 fully saturated rings. The molecule has 0 atom stereocenters. The molecule has 1 radical (unpaired) electrons. The van der Waals surface area contributed by atoms with Gasteiger partial charge in [-0.05, 0) is 44.7 Å². The largest absolute Gasteiger partial charge is 0.330 e. The first kappa shape index (κ1) is 9.92. The Bertz CT molecular complexity index is 56.3. The Morgan fingerprint density at radius 3 is 1.70 bits per heavy atom. The van der Waals surface area contributed by atoms with Crippen LogP contribution in [0.2, 0.25) is 0 Å². The van der Waals surface area contributed by atoms with E-state index in [1.54, 1.807) is 0 Å². The van der Waals surface area contributed by atoms with Crippen molar-refractivity contribution in [1.29, 1.82) is 0 Å². The highest BCUT2D eigenvalue weighted by Gasteiger charge is 1.99. The molecule has 0 unspecified atom stereocenters. The van der Waals surface area contributed by atoms with Crippen molar-refractivity contribution in [3.63, 3.8) is 0 Å². The maximum Gasteiger partial charge on any atom is -0.00772 e. The zero-order chi connectivity index (χ0) is 7.82. The summed E-state index contributed by atoms with van der Waals surface area (Å²) in [7, 11) is 0. The van der Waals surface area contributed by atoms with Crippen LogP contribution in [0.3, 0.4) is 0 Å². The number of hydrogen-bond donors (Lipinski definition) is 2. The Balaban J connectivity index is 3.00. The monoisotopic (exact) mass is 143 g/mol. The summed E-state index contributed by atoms with van der Waals surface area (Å²) in [5.74, 6) is 0.562. The molecule has 2 heteroatoms. The van der Waals surface area contributed by atoms with E-state index in [0.29, 0.717) is 5.92 Å². The highest BCUT2D eigenvalue weighted by atomic mass is 14.5. The molecule has 2 nitrogen and oxygen atoms in total. The standard InChI is InChI=1S/C8H19N2/c1-8(4-2-6-9)5-3-7-10/h8H,1-7,9-10H2. The number of hydrogen-bond acceptors (Lipinski definition) is 2. The van der Waals surface area contributed by atoms with E-state index in [-0.39, 0.29) is 0 Å². The van der Waals surface area contributed by atoms with Crippen LogP contribution in [0.5, 0.6) is 0 Å². The van der Waals surface area contributed by atoms with Crippen LogP contribution in [0, 0.1) is 12.8 Å². The Labute approximate surface area is 64.0 Å². The fraction of sp³-hybridized carbons (Fsp3) is 0.875. The molecule has 61 valence electrons. The van der Waals surface area contributed by atoms with Crippen LogP contribution in [0.1, 0.15) is 25.7 Å². The molecule has 0 heterocycles. The number of rotatable bonds is 6. The topological polar surface area (TPSA) is 52.0 Å². The molecule has 0 aromatic rings. The quantitative estimate of drug-likeness (QED) is 0.581. The Morgan fingerprint density at radius 1 is 1.00 bits per heavy atom. The van der Waals surface area contributed by atoms with Gasteiger partial charge in [0.1, 0.15) is 0 Å². The lowest BCUT2D eigenvalue weighted by Crippen LogP contribution is -2.05. The molecule has 0 aromatic carbocycles. The molecule has 4 N–H and O–H groups in total. The average molecular weight is 143 g/mol. The van der Waals surface area contributed by atoms with E-state index in [1.807, 2.05) is 0 Å². The van der Waals surface area contributed by atoms with E-state index in [1.165, 1.54) is 0 Å². The molecule has 0 rings (SSSR count). The van der Waals surface area contributed by atoms with E-state index in [0.717, 1.165) is 38.8 Å². The molecule has 10 heavy (non-hydrogen) atoms. The minimum absolute atomic E-state index is 0.562. The SMILES string of the molecule is [CH2]C(CCCN)CCCN. The molecule has 0 saturated carbocycles. The first-order valence-corrected chi connectivity index (χ1v) is 4.04. The van der Waals surface area contributed by atoms with Crippen molar-refractivity contribution in [2.24, 2.45) is 17.4 Å². The van der Waals surface area contributed by atoms with E-state index < -0.39 is 0 Å². The first-order chi connectivity index (χ1) is 4.81. The van der Waals surface area contributed by atoms with Crippen molar-refractivity contribution in [2.45, 2.75) is 25.7 Å². The molecule has 0 saturated heterocycles. The minimum atomic E-state index is 0.562. The van der Waals surface area contributed by atoms with Crippen molar-refractivity contribution in [2.75, 3.05) is 13.1 Å². The van der Waals surface area contributed by atoms with Crippen molar-refractivity contribution >= 4 is 0 Å². The summed E-state index contributed by atoms with van der Waals surface area (Å²) in [4.78, 5) is 0. The van der Waals surface area contributed by atoms with Gasteiger partial charge in [0, 0.05) is 0 Å². The third-order valence-electron chi connectivity index (χ3n) is 1.63. The van der Waals surface area contributed by atoms with E-state index >= 15 is 0 Å². The van der Waals surface area contributed by atoms with Gasteiger partial charge in [0.2, 0.25) is 0 Å². The van der Waals surface area contributed by atoms with Gasteiger partial charge >= 0.3 is 0 Å². The summed E-state index contributed by atoms with van der Waals surface area (Å²) >= 11 is 0. The molecule has 0 aliphatic heterocycles. The van der Waals surface area contributed by atoms with Gasteiger partial charge in [-0.2, -0.15) is 0 Å². The summed E-state index contributed by atoms with van der Waals surface area (Å²) in [5, 5.41) is 0. The third kappa shape index (κ3) is 6.05. The fourth-order valence-electron chi connectivity index (χ4n) is 0.957. The van der Waals surface area contributed by atoms with Crippen molar-refractivity contribution < 1.29 is 0 Å². The van der Waals surface area contributed by atoms with Crippen LogP contribution in [-0.4, -0.2) is 13.1 Å². The summed E-state index contributed by atoms with van der Waals surface area (Å²) < 4.78 is 0. The second-order valence-electron chi connectivity index (χ2n) is 2.73. The molecular weight excluding hydrogens is 124 g/mol. The predicted octanol–water partition coefficient (Wildman–Crippen LogP) is 0.914. The third-order valence-corrected chi connectivity index (χ3v) is 1.63. The zero-order valence-corrected chi connectivity index (χ0v) is 6.68. The number of nitrogens with two attached hydrogens (primary N) is 2. The Morgan fingerprint density at radius 2 is 1.40 bits per heavy atom. The van der Waals surface area contributed by atoms with Crippen LogP contribution in [0.4, 0.5) is 0 Å². The maximum atomic E-state index is 5.35. The second-order valence-corrected chi connectivity index (χ2v) is 2.73. The van der Waals surface area contributed by atoms with Crippen LogP contribution < -0.4 is 11.5 Å². The van der Waals surface area contributed by atoms with E-state index in [4.69, 9.17) is 11.5 Å². The first-order valence-electron chi connectivity index (χ1n) is 4.04. The van der Waals surface area contributed by atoms with Crippen molar-refractivity contribution in [3.05, 3.63) is 6.92 Å². The average Bonchev–Trinajstić information content (AvgIpc) is 1.97. The van der Waals surface area contributed by atoms with Crippen molar-refractivity contribution in [3.8, 4) is 0 Å². The Kier molecular flexibility index (Phi) is 6.98. The Hall–Kier alpha value is -0.0800. The van der Waals surface area contributed by atoms with Crippen LogP contribution >= 0.6 is 0 Å². The van der Waals surface area contributed by atoms with Crippen LogP contribution in [0.25, 0.3) is 0 Å². The summed E-state index contributed by atoms with van der Waals surface area (Å²) in [6, 6.07) is 0. The zero-order valence-electron chi connectivity index (χ0n) is 6.68. The summed E-state index contributed by atoms with van der Waals surface area (Å²) in [6.07, 6.45) is 4.49. The fourth-order valence-corrected chi connectivity index (χ4v) is 0.957. The van der Waals surface area contributed by atoms with E-state index in [9.17, 15) is 0 Å². The summed E-state index contributed by atoms with van der Waals surface area (Å²) in [5.41, 5.74) is 10.7. The lowest BCUT2D eigenvalue weighted by atomic mass is 10.00. The van der Waals surface area contributed by atoms with Gasteiger partial charge in [-0.1, -0.05) is 6.92 Å². The van der Waals surface area contributed by atoms with Gasteiger partial charge < -0.3 is 11.5 Å². The predicted molar refractivity (Wildman–Crippen MR) is 45.4 cm³/mol. The van der Waals surface area contributed by atoms with Crippen LogP contribution in [-0.2, 0) is 0 Å². The molecule has 0 aliphatic rings. The minimum Gasteiger partial charge on any atom is -0.330 e. The highest BCUT2D eigenvalue weighted by molar-refractivity contribution is 4.61.